The first-order valence-corrected chi connectivity index (χ1v) is 8.09. The van der Waals surface area contributed by atoms with Crippen molar-refractivity contribution in [1.29, 1.82) is 0 Å². The fourth-order valence-corrected chi connectivity index (χ4v) is 2.52. The summed E-state index contributed by atoms with van der Waals surface area (Å²) in [7, 11) is 1.32. The van der Waals surface area contributed by atoms with Crippen LogP contribution in [0.25, 0.3) is 0 Å². The van der Waals surface area contributed by atoms with Crippen LogP contribution < -0.4 is 0 Å². The van der Waals surface area contributed by atoms with Crippen molar-refractivity contribution in [3.8, 4) is 0 Å². The molecule has 0 aliphatic carbocycles. The van der Waals surface area contributed by atoms with Crippen LogP contribution in [-0.2, 0) is 16.1 Å². The molecule has 0 aliphatic heterocycles. The number of aromatic nitrogens is 2. The molecule has 2 aromatic rings. The molecule has 0 bridgehead atoms. The number of carbonyl (C=O) groups excluding carboxylic acids is 2. The third kappa shape index (κ3) is 5.41. The standard InChI is InChI=1S/C18H22FN3O3/c1-14(18(24)25-2)12-22(10-3-9-21-11-8-20-13-21)17(23)15-4-6-16(19)7-5-15/h4-8,11,13-14H,3,9-10,12H2,1-2H3. The summed E-state index contributed by atoms with van der Waals surface area (Å²) in [6.45, 7) is 3.13. The maximum Gasteiger partial charge on any atom is 0.310 e. The molecule has 6 nitrogen and oxygen atoms in total. The average Bonchev–Trinajstić information content (AvgIpc) is 3.13. The molecule has 2 rings (SSSR count). The Morgan fingerprint density at radius 1 is 1.32 bits per heavy atom. The van der Waals surface area contributed by atoms with E-state index in [-0.39, 0.29) is 18.4 Å². The average molecular weight is 347 g/mol. The topological polar surface area (TPSA) is 64.4 Å². The van der Waals surface area contributed by atoms with Gasteiger partial charge in [0.15, 0.2) is 0 Å². The third-order valence-electron chi connectivity index (χ3n) is 3.88. The number of halogens is 1. The predicted molar refractivity (Wildman–Crippen MR) is 90.3 cm³/mol. The Balaban J connectivity index is 2.05. The van der Waals surface area contributed by atoms with Crippen LogP contribution in [0.2, 0.25) is 0 Å². The van der Waals surface area contributed by atoms with Crippen molar-refractivity contribution < 1.29 is 18.7 Å². The SMILES string of the molecule is COC(=O)C(C)CN(CCCn1ccnc1)C(=O)c1ccc(F)cc1. The highest BCUT2D eigenvalue weighted by molar-refractivity contribution is 5.94. The van der Waals surface area contributed by atoms with Gasteiger partial charge in [-0.3, -0.25) is 9.59 Å². The first-order chi connectivity index (χ1) is 12.0. The largest absolute Gasteiger partial charge is 0.469 e. The molecule has 1 aromatic carbocycles. The van der Waals surface area contributed by atoms with E-state index in [9.17, 15) is 14.0 Å². The Bertz CT molecular complexity index is 686. The summed E-state index contributed by atoms with van der Waals surface area (Å²) in [5.74, 6) is -1.44. The van der Waals surface area contributed by atoms with Gasteiger partial charge in [-0.05, 0) is 30.7 Å². The van der Waals surface area contributed by atoms with Crippen LogP contribution in [0.1, 0.15) is 23.7 Å². The summed E-state index contributed by atoms with van der Waals surface area (Å²) < 4.78 is 19.7. The number of aryl methyl sites for hydroxylation is 1. The fourth-order valence-electron chi connectivity index (χ4n) is 2.52. The summed E-state index contributed by atoms with van der Waals surface area (Å²) in [4.78, 5) is 30.0. The normalized spacial score (nSPS) is 11.8. The molecule has 0 saturated heterocycles. The Hall–Kier alpha value is -2.70. The zero-order valence-electron chi connectivity index (χ0n) is 14.4. The monoisotopic (exact) mass is 347 g/mol. The van der Waals surface area contributed by atoms with Crippen LogP contribution >= 0.6 is 0 Å². The highest BCUT2D eigenvalue weighted by atomic mass is 19.1. The number of methoxy groups -OCH3 is 1. The third-order valence-corrected chi connectivity index (χ3v) is 3.88. The second-order valence-electron chi connectivity index (χ2n) is 5.84. The van der Waals surface area contributed by atoms with E-state index in [0.29, 0.717) is 25.1 Å². The Labute approximate surface area is 146 Å². The Kier molecular flexibility index (Phi) is 6.68. The molecule has 1 atom stereocenters. The molecule has 0 radical (unpaired) electrons. The van der Waals surface area contributed by atoms with Crippen LogP contribution in [-0.4, -0.2) is 46.5 Å². The van der Waals surface area contributed by atoms with E-state index in [1.807, 2.05) is 10.8 Å². The molecule has 0 aliphatic rings. The molecule has 134 valence electrons. The zero-order chi connectivity index (χ0) is 18.2. The summed E-state index contributed by atoms with van der Waals surface area (Å²) in [5.41, 5.74) is 0.390. The predicted octanol–water partition coefficient (Wildman–Crippen LogP) is 2.36. The second kappa shape index (κ2) is 8.96. The van der Waals surface area contributed by atoms with Gasteiger partial charge in [0.2, 0.25) is 0 Å². The Morgan fingerprint density at radius 3 is 2.64 bits per heavy atom. The van der Waals surface area contributed by atoms with Crippen molar-refractivity contribution in [2.45, 2.75) is 19.9 Å². The minimum absolute atomic E-state index is 0.235. The van der Waals surface area contributed by atoms with Gasteiger partial charge in [-0.2, -0.15) is 0 Å². The number of rotatable bonds is 8. The van der Waals surface area contributed by atoms with E-state index in [0.717, 1.165) is 0 Å². The van der Waals surface area contributed by atoms with Crippen molar-refractivity contribution in [3.63, 3.8) is 0 Å². The van der Waals surface area contributed by atoms with Gasteiger partial charge in [-0.1, -0.05) is 6.92 Å². The quantitative estimate of drug-likeness (QED) is 0.688. The molecule has 0 fully saturated rings. The molecular formula is C18H22FN3O3. The maximum atomic E-state index is 13.1. The molecule has 0 spiro atoms. The lowest BCUT2D eigenvalue weighted by molar-refractivity contribution is -0.145. The number of imidazole rings is 1. The van der Waals surface area contributed by atoms with E-state index in [1.54, 1.807) is 24.3 Å². The van der Waals surface area contributed by atoms with E-state index < -0.39 is 11.7 Å². The van der Waals surface area contributed by atoms with Crippen LogP contribution in [0.5, 0.6) is 0 Å². The first kappa shape index (κ1) is 18.6. The highest BCUT2D eigenvalue weighted by Gasteiger charge is 2.22. The maximum absolute atomic E-state index is 13.1. The van der Waals surface area contributed by atoms with Gasteiger partial charge in [0.05, 0.1) is 19.4 Å². The van der Waals surface area contributed by atoms with E-state index in [4.69, 9.17) is 4.74 Å². The number of ether oxygens (including phenoxy) is 1. The molecule has 0 N–H and O–H groups in total. The van der Waals surface area contributed by atoms with Gasteiger partial charge in [0, 0.05) is 37.6 Å². The first-order valence-electron chi connectivity index (χ1n) is 8.09. The highest BCUT2D eigenvalue weighted by Crippen LogP contribution is 2.11. The molecule has 1 unspecified atom stereocenters. The number of nitrogens with zero attached hydrogens (tertiary/aromatic N) is 3. The van der Waals surface area contributed by atoms with E-state index in [2.05, 4.69) is 4.98 Å². The van der Waals surface area contributed by atoms with Crippen LogP contribution in [0.3, 0.4) is 0 Å². The van der Waals surface area contributed by atoms with Crippen LogP contribution in [0.15, 0.2) is 43.0 Å². The van der Waals surface area contributed by atoms with Gasteiger partial charge >= 0.3 is 5.97 Å². The molecule has 1 heterocycles. The fraction of sp³-hybridized carbons (Fsp3) is 0.389. The van der Waals surface area contributed by atoms with Gasteiger partial charge in [-0.15, -0.1) is 0 Å². The van der Waals surface area contributed by atoms with Crippen molar-refractivity contribution in [1.82, 2.24) is 14.5 Å². The lowest BCUT2D eigenvalue weighted by Crippen LogP contribution is -2.38. The minimum Gasteiger partial charge on any atom is -0.469 e. The summed E-state index contributed by atoms with van der Waals surface area (Å²) in [5, 5.41) is 0. The van der Waals surface area contributed by atoms with Gasteiger partial charge in [0.1, 0.15) is 5.82 Å². The zero-order valence-corrected chi connectivity index (χ0v) is 14.4. The smallest absolute Gasteiger partial charge is 0.310 e. The van der Waals surface area contributed by atoms with E-state index in [1.165, 1.54) is 31.4 Å². The lowest BCUT2D eigenvalue weighted by atomic mass is 10.1. The van der Waals surface area contributed by atoms with Crippen molar-refractivity contribution >= 4 is 11.9 Å². The minimum atomic E-state index is -0.442. The molecular weight excluding hydrogens is 325 g/mol. The number of amides is 1. The number of hydrogen-bond donors (Lipinski definition) is 0. The van der Waals surface area contributed by atoms with Crippen molar-refractivity contribution in [2.24, 2.45) is 5.92 Å². The molecule has 1 aromatic heterocycles. The summed E-state index contributed by atoms with van der Waals surface area (Å²) in [6, 6.07) is 5.40. The number of benzene rings is 1. The summed E-state index contributed by atoms with van der Waals surface area (Å²) >= 11 is 0. The second-order valence-corrected chi connectivity index (χ2v) is 5.84. The number of hydrogen-bond acceptors (Lipinski definition) is 4. The van der Waals surface area contributed by atoms with Crippen LogP contribution in [0, 0.1) is 11.7 Å². The molecule has 1 amide bonds. The van der Waals surface area contributed by atoms with Crippen molar-refractivity contribution in [2.75, 3.05) is 20.2 Å². The number of esters is 1. The lowest BCUT2D eigenvalue weighted by Gasteiger charge is -2.25. The number of carbonyl (C=O) groups is 2. The van der Waals surface area contributed by atoms with Crippen molar-refractivity contribution in [3.05, 3.63) is 54.4 Å². The van der Waals surface area contributed by atoms with Gasteiger partial charge in [-0.25, -0.2) is 9.37 Å². The van der Waals surface area contributed by atoms with Gasteiger partial charge < -0.3 is 14.2 Å². The molecule has 7 heteroatoms. The van der Waals surface area contributed by atoms with E-state index >= 15 is 0 Å². The Morgan fingerprint density at radius 2 is 2.04 bits per heavy atom. The summed E-state index contributed by atoms with van der Waals surface area (Å²) in [6.07, 6.45) is 5.96. The van der Waals surface area contributed by atoms with Crippen LogP contribution in [0.4, 0.5) is 4.39 Å². The molecule has 25 heavy (non-hydrogen) atoms. The molecule has 0 saturated carbocycles. The van der Waals surface area contributed by atoms with Gasteiger partial charge in [0.25, 0.3) is 5.91 Å².